The number of morpholine rings is 1. The van der Waals surface area contributed by atoms with Crippen LogP contribution in [0, 0.1) is 0 Å². The van der Waals surface area contributed by atoms with E-state index in [4.69, 9.17) is 4.74 Å². The van der Waals surface area contributed by atoms with E-state index >= 15 is 0 Å². The molecule has 0 saturated carbocycles. The third-order valence-electron chi connectivity index (χ3n) is 2.45. The summed E-state index contributed by atoms with van der Waals surface area (Å²) in [4.78, 5) is 0. The van der Waals surface area contributed by atoms with Gasteiger partial charge in [0.05, 0.1) is 28.2 Å². The number of phenolic OH excluding ortho intramolecular Hbond substituents is 1. The molecule has 0 bridgehead atoms. The third kappa shape index (κ3) is 3.36. The topological polar surface area (TPSA) is 41.5 Å². The van der Waals surface area contributed by atoms with Gasteiger partial charge in [0.25, 0.3) is 0 Å². The lowest BCUT2D eigenvalue weighted by Gasteiger charge is -2.26. The summed E-state index contributed by atoms with van der Waals surface area (Å²) in [5.74, 6) is 0.213. The predicted molar refractivity (Wildman–Crippen MR) is 80.0 cm³/mol. The highest BCUT2D eigenvalue weighted by molar-refractivity contribution is 9.11. The van der Waals surface area contributed by atoms with Crippen molar-refractivity contribution in [1.29, 1.82) is 0 Å². The summed E-state index contributed by atoms with van der Waals surface area (Å²) in [6.45, 7) is 2.16. The van der Waals surface area contributed by atoms with Crippen LogP contribution in [0.5, 0.6) is 5.75 Å². The number of aromatic hydroxyl groups is 1. The van der Waals surface area contributed by atoms with Crippen LogP contribution in [-0.4, -0.2) is 24.9 Å². The van der Waals surface area contributed by atoms with Crippen LogP contribution in [0.15, 0.2) is 19.5 Å². The number of phenols is 1. The molecule has 1 aromatic rings. The first-order valence-corrected chi connectivity index (χ1v) is 7.16. The van der Waals surface area contributed by atoms with Crippen molar-refractivity contribution in [2.45, 2.75) is 6.04 Å². The van der Waals surface area contributed by atoms with Crippen molar-refractivity contribution in [3.63, 3.8) is 0 Å². The predicted octanol–water partition coefficient (Wildman–Crippen LogP) is 3.76. The highest BCUT2D eigenvalue weighted by Gasteiger charge is 2.23. The van der Waals surface area contributed by atoms with Gasteiger partial charge in [-0.3, -0.25) is 0 Å². The highest BCUT2D eigenvalue weighted by Crippen LogP contribution is 2.42. The summed E-state index contributed by atoms with van der Waals surface area (Å²) in [6, 6.07) is 1.93. The maximum absolute atomic E-state index is 9.86. The van der Waals surface area contributed by atoms with Gasteiger partial charge in [0.2, 0.25) is 0 Å². The third-order valence-corrected chi connectivity index (χ3v) is 4.51. The van der Waals surface area contributed by atoms with Crippen LogP contribution in [0.1, 0.15) is 11.6 Å². The van der Waals surface area contributed by atoms with Gasteiger partial charge in [-0.2, -0.15) is 0 Å². The number of nitrogens with one attached hydrogen (secondary N) is 1. The SMILES string of the molecule is Cl.Oc1c(Br)cc(Br)c([C@H]2COCCN2)c1Br. The molecule has 96 valence electrons. The van der Waals surface area contributed by atoms with Crippen molar-refractivity contribution in [3.05, 3.63) is 25.0 Å². The molecule has 1 saturated heterocycles. The molecule has 1 heterocycles. The maximum Gasteiger partial charge on any atom is 0.144 e. The molecule has 0 aliphatic carbocycles. The molecular weight excluding hydrogens is 441 g/mol. The largest absolute Gasteiger partial charge is 0.506 e. The molecule has 0 unspecified atom stereocenters. The van der Waals surface area contributed by atoms with E-state index in [1.54, 1.807) is 0 Å². The molecule has 0 amide bonds. The molecule has 7 heteroatoms. The molecule has 1 atom stereocenters. The van der Waals surface area contributed by atoms with E-state index in [0.29, 0.717) is 15.6 Å². The quantitative estimate of drug-likeness (QED) is 0.682. The Morgan fingerprint density at radius 2 is 2.00 bits per heavy atom. The lowest BCUT2D eigenvalue weighted by atomic mass is 10.1. The van der Waals surface area contributed by atoms with Gasteiger partial charge < -0.3 is 15.2 Å². The van der Waals surface area contributed by atoms with Crippen molar-refractivity contribution in [3.8, 4) is 5.75 Å². The highest BCUT2D eigenvalue weighted by atomic mass is 79.9. The molecule has 17 heavy (non-hydrogen) atoms. The van der Waals surface area contributed by atoms with E-state index in [1.165, 1.54) is 0 Å². The Morgan fingerprint density at radius 3 is 2.59 bits per heavy atom. The molecule has 0 radical (unpaired) electrons. The number of hydrogen-bond donors (Lipinski definition) is 2. The van der Waals surface area contributed by atoms with E-state index < -0.39 is 0 Å². The smallest absolute Gasteiger partial charge is 0.144 e. The standard InChI is InChI=1S/C10H10Br3NO2.ClH/c11-5-3-6(12)10(15)9(13)8(5)7-4-16-2-1-14-7;/h3,7,14-15H,1-2,4H2;1H/t7-;/m1./s1. The van der Waals surface area contributed by atoms with Gasteiger partial charge >= 0.3 is 0 Å². The van der Waals surface area contributed by atoms with Crippen LogP contribution in [0.25, 0.3) is 0 Å². The molecule has 1 aliphatic heterocycles. The second-order valence-corrected chi connectivity index (χ2v) is 6.00. The van der Waals surface area contributed by atoms with Gasteiger partial charge in [-0.1, -0.05) is 15.9 Å². The number of hydrogen-bond acceptors (Lipinski definition) is 3. The minimum absolute atomic E-state index is 0. The van der Waals surface area contributed by atoms with Crippen LogP contribution in [-0.2, 0) is 4.74 Å². The van der Waals surface area contributed by atoms with Crippen molar-refractivity contribution in [1.82, 2.24) is 5.32 Å². The number of benzene rings is 1. The van der Waals surface area contributed by atoms with Crippen molar-refractivity contribution >= 4 is 60.2 Å². The molecule has 1 fully saturated rings. The van der Waals surface area contributed by atoms with Gasteiger partial charge in [0.15, 0.2) is 0 Å². The monoisotopic (exact) mass is 449 g/mol. The fourth-order valence-electron chi connectivity index (χ4n) is 1.66. The Kier molecular flexibility index (Phi) is 6.22. The normalized spacial score (nSPS) is 19.8. The summed E-state index contributed by atoms with van der Waals surface area (Å²) in [6.07, 6.45) is 0. The number of halogens is 4. The van der Waals surface area contributed by atoms with Crippen LogP contribution >= 0.6 is 60.2 Å². The van der Waals surface area contributed by atoms with Crippen molar-refractivity contribution in [2.24, 2.45) is 0 Å². The molecule has 2 rings (SSSR count). The Labute approximate surface area is 131 Å². The molecule has 1 aliphatic rings. The first-order valence-electron chi connectivity index (χ1n) is 4.78. The fourth-order valence-corrected chi connectivity index (χ4v) is 4.34. The Balaban J connectivity index is 0.00000144. The first kappa shape index (κ1) is 15.7. The zero-order chi connectivity index (χ0) is 11.7. The summed E-state index contributed by atoms with van der Waals surface area (Å²) in [5, 5.41) is 13.2. The number of ether oxygens (including phenoxy) is 1. The van der Waals surface area contributed by atoms with Gasteiger partial charge in [0, 0.05) is 16.6 Å². The molecule has 0 aromatic heterocycles. The Morgan fingerprint density at radius 1 is 1.29 bits per heavy atom. The zero-order valence-corrected chi connectivity index (χ0v) is 14.2. The summed E-state index contributed by atoms with van der Waals surface area (Å²) in [5.41, 5.74) is 0.986. The maximum atomic E-state index is 9.86. The van der Waals surface area contributed by atoms with Crippen LogP contribution in [0.2, 0.25) is 0 Å². The second-order valence-electron chi connectivity index (χ2n) is 3.50. The molecule has 1 aromatic carbocycles. The summed E-state index contributed by atoms with van der Waals surface area (Å²) >= 11 is 10.2. The molecule has 3 nitrogen and oxygen atoms in total. The van der Waals surface area contributed by atoms with E-state index in [0.717, 1.165) is 23.2 Å². The molecule has 2 N–H and O–H groups in total. The summed E-state index contributed by atoms with van der Waals surface area (Å²) in [7, 11) is 0. The van der Waals surface area contributed by atoms with E-state index in [9.17, 15) is 5.11 Å². The molecular formula is C10H11Br3ClNO2. The van der Waals surface area contributed by atoms with Crippen molar-refractivity contribution < 1.29 is 9.84 Å². The van der Waals surface area contributed by atoms with E-state index in [1.807, 2.05) is 6.07 Å². The first-order chi connectivity index (χ1) is 7.61. The van der Waals surface area contributed by atoms with E-state index in [-0.39, 0.29) is 24.2 Å². The summed E-state index contributed by atoms with van der Waals surface area (Å²) < 4.78 is 7.71. The van der Waals surface area contributed by atoms with Crippen LogP contribution in [0.3, 0.4) is 0 Å². The van der Waals surface area contributed by atoms with Gasteiger partial charge in [-0.05, 0) is 37.9 Å². The minimum atomic E-state index is 0. The van der Waals surface area contributed by atoms with Gasteiger partial charge in [-0.15, -0.1) is 12.4 Å². The second kappa shape index (κ2) is 6.73. The van der Waals surface area contributed by atoms with Crippen LogP contribution in [0.4, 0.5) is 0 Å². The lowest BCUT2D eigenvalue weighted by molar-refractivity contribution is 0.0764. The lowest BCUT2D eigenvalue weighted by Crippen LogP contribution is -2.35. The van der Waals surface area contributed by atoms with Crippen LogP contribution < -0.4 is 5.32 Å². The fraction of sp³-hybridized carbons (Fsp3) is 0.400. The number of rotatable bonds is 1. The van der Waals surface area contributed by atoms with Gasteiger partial charge in [-0.25, -0.2) is 0 Å². The Hall–Kier alpha value is 0.670. The molecule has 0 spiro atoms. The zero-order valence-electron chi connectivity index (χ0n) is 8.67. The average Bonchev–Trinajstić information content (AvgIpc) is 2.28. The Bertz CT molecular complexity index is 411. The minimum Gasteiger partial charge on any atom is -0.506 e. The van der Waals surface area contributed by atoms with E-state index in [2.05, 4.69) is 53.1 Å². The average molecular weight is 452 g/mol. The van der Waals surface area contributed by atoms with Gasteiger partial charge in [0.1, 0.15) is 5.75 Å². The van der Waals surface area contributed by atoms with Crippen molar-refractivity contribution in [2.75, 3.05) is 19.8 Å².